The van der Waals surface area contributed by atoms with Gasteiger partial charge >= 0.3 is 0 Å². The number of hydrogen-bond acceptors (Lipinski definition) is 1. The predicted octanol–water partition coefficient (Wildman–Crippen LogP) is 5.62. The number of aliphatic hydroxyl groups is 1. The van der Waals surface area contributed by atoms with Crippen LogP contribution in [0, 0.1) is 0 Å². The fraction of sp³-hybridized carbons (Fsp3) is 0.882. The predicted molar refractivity (Wildman–Crippen MR) is 81.9 cm³/mol. The maximum Gasteiger partial charge on any atom is 0.0543 e. The number of unbranched alkanes of at least 4 members (excludes halogenated alkanes) is 9. The minimum atomic E-state index is -0.1000. The molecular formula is C17H34O. The number of allylic oxidation sites excluding steroid dienone is 1. The smallest absolute Gasteiger partial charge is 0.0543 e. The number of hydrogen-bond donors (Lipinski definition) is 1. The molecule has 0 radical (unpaired) electrons. The Morgan fingerprint density at radius 3 is 1.83 bits per heavy atom. The van der Waals surface area contributed by atoms with Gasteiger partial charge in [0.1, 0.15) is 0 Å². The zero-order chi connectivity index (χ0) is 13.5. The molecule has 0 aromatic rings. The highest BCUT2D eigenvalue weighted by molar-refractivity contribution is 4.69. The van der Waals surface area contributed by atoms with Gasteiger partial charge in [-0.3, -0.25) is 0 Å². The molecule has 0 aromatic carbocycles. The van der Waals surface area contributed by atoms with Gasteiger partial charge in [0.25, 0.3) is 0 Å². The first-order valence-corrected chi connectivity index (χ1v) is 8.10. The molecule has 0 saturated carbocycles. The van der Waals surface area contributed by atoms with Crippen LogP contribution in [0.15, 0.2) is 12.7 Å². The molecule has 0 unspecified atom stereocenters. The summed E-state index contributed by atoms with van der Waals surface area (Å²) in [5.74, 6) is 0. The Bertz CT molecular complexity index is 165. The summed E-state index contributed by atoms with van der Waals surface area (Å²) in [5.41, 5.74) is 0. The van der Waals surface area contributed by atoms with Crippen LogP contribution in [-0.2, 0) is 0 Å². The average molecular weight is 254 g/mol. The van der Waals surface area contributed by atoms with Gasteiger partial charge in [0.2, 0.25) is 0 Å². The molecule has 108 valence electrons. The van der Waals surface area contributed by atoms with Gasteiger partial charge in [0, 0.05) is 0 Å². The molecule has 1 N–H and O–H groups in total. The third-order valence-corrected chi connectivity index (χ3v) is 3.59. The van der Waals surface area contributed by atoms with Gasteiger partial charge in [-0.25, -0.2) is 0 Å². The average Bonchev–Trinajstić information content (AvgIpc) is 2.38. The van der Waals surface area contributed by atoms with Crippen LogP contribution in [0.25, 0.3) is 0 Å². The first-order chi connectivity index (χ1) is 8.81. The summed E-state index contributed by atoms with van der Waals surface area (Å²) in [5, 5.41) is 9.66. The molecule has 18 heavy (non-hydrogen) atoms. The molecule has 1 nitrogen and oxygen atoms in total. The van der Waals surface area contributed by atoms with Crippen LogP contribution >= 0.6 is 0 Å². The lowest BCUT2D eigenvalue weighted by Gasteiger charge is -2.08. The Morgan fingerprint density at radius 2 is 1.33 bits per heavy atom. The molecule has 1 atom stereocenters. The Labute approximate surface area is 115 Å². The molecule has 1 heteroatoms. The summed E-state index contributed by atoms with van der Waals surface area (Å²) in [6.07, 6.45) is 18.2. The van der Waals surface area contributed by atoms with Crippen LogP contribution in [0.1, 0.15) is 90.4 Å². The molecule has 0 aliphatic heterocycles. The molecule has 0 spiro atoms. The summed E-state index contributed by atoms with van der Waals surface area (Å²) >= 11 is 0. The Hall–Kier alpha value is -0.300. The van der Waals surface area contributed by atoms with Gasteiger partial charge in [0.15, 0.2) is 0 Å². The van der Waals surface area contributed by atoms with E-state index in [9.17, 15) is 5.11 Å². The van der Waals surface area contributed by atoms with E-state index >= 15 is 0 Å². The minimum Gasteiger partial charge on any atom is -0.393 e. The Kier molecular flexibility index (Phi) is 14.5. The molecule has 0 rings (SSSR count). The lowest BCUT2D eigenvalue weighted by molar-refractivity contribution is 0.152. The molecule has 0 saturated heterocycles. The highest BCUT2D eigenvalue weighted by atomic mass is 16.3. The van der Waals surface area contributed by atoms with Gasteiger partial charge < -0.3 is 5.11 Å². The summed E-state index contributed by atoms with van der Waals surface area (Å²) in [7, 11) is 0. The second-order valence-electron chi connectivity index (χ2n) is 5.49. The van der Waals surface area contributed by atoms with E-state index in [1.165, 1.54) is 64.2 Å². The third-order valence-electron chi connectivity index (χ3n) is 3.59. The van der Waals surface area contributed by atoms with Gasteiger partial charge in [-0.05, 0) is 19.3 Å². The zero-order valence-electron chi connectivity index (χ0n) is 12.5. The van der Waals surface area contributed by atoms with Crippen molar-refractivity contribution < 1.29 is 5.11 Å². The third kappa shape index (κ3) is 13.8. The van der Waals surface area contributed by atoms with Crippen molar-refractivity contribution >= 4 is 0 Å². The largest absolute Gasteiger partial charge is 0.393 e. The van der Waals surface area contributed by atoms with Crippen LogP contribution in [-0.4, -0.2) is 11.2 Å². The maximum absolute atomic E-state index is 9.66. The summed E-state index contributed by atoms with van der Waals surface area (Å²) in [6, 6.07) is 0. The van der Waals surface area contributed by atoms with Crippen LogP contribution in [0.2, 0.25) is 0 Å². The Balaban J connectivity index is 3.04. The van der Waals surface area contributed by atoms with Crippen molar-refractivity contribution in [3.05, 3.63) is 12.7 Å². The molecule has 0 amide bonds. The van der Waals surface area contributed by atoms with Gasteiger partial charge in [-0.1, -0.05) is 77.2 Å². The van der Waals surface area contributed by atoms with Gasteiger partial charge in [-0.2, -0.15) is 0 Å². The van der Waals surface area contributed by atoms with E-state index in [2.05, 4.69) is 13.5 Å². The molecular weight excluding hydrogens is 220 g/mol. The van der Waals surface area contributed by atoms with Crippen molar-refractivity contribution in [2.75, 3.05) is 0 Å². The summed E-state index contributed by atoms with van der Waals surface area (Å²) in [4.78, 5) is 0. The van der Waals surface area contributed by atoms with E-state index < -0.39 is 0 Å². The molecule has 0 bridgehead atoms. The van der Waals surface area contributed by atoms with E-state index in [0.29, 0.717) is 0 Å². The van der Waals surface area contributed by atoms with E-state index in [1.807, 2.05) is 6.08 Å². The van der Waals surface area contributed by atoms with Gasteiger partial charge in [0.05, 0.1) is 6.10 Å². The van der Waals surface area contributed by atoms with Crippen molar-refractivity contribution in [1.82, 2.24) is 0 Å². The van der Waals surface area contributed by atoms with Crippen molar-refractivity contribution in [1.29, 1.82) is 0 Å². The van der Waals surface area contributed by atoms with Crippen molar-refractivity contribution in [3.8, 4) is 0 Å². The quantitative estimate of drug-likeness (QED) is 0.315. The fourth-order valence-electron chi connectivity index (χ4n) is 2.32. The SMILES string of the molecule is C=CCC[C@H](O)CCCCCCCCCCCC. The van der Waals surface area contributed by atoms with Crippen molar-refractivity contribution in [3.63, 3.8) is 0 Å². The normalized spacial score (nSPS) is 12.6. The second-order valence-corrected chi connectivity index (χ2v) is 5.49. The van der Waals surface area contributed by atoms with Crippen LogP contribution in [0.5, 0.6) is 0 Å². The van der Waals surface area contributed by atoms with Crippen molar-refractivity contribution in [2.24, 2.45) is 0 Å². The standard InChI is InChI=1S/C17H34O/c1-3-5-7-8-9-10-11-12-13-14-16-17(18)15-6-4-2/h4,17-18H,2-3,5-16H2,1H3/t17-/m0/s1. The first kappa shape index (κ1) is 17.7. The number of rotatable bonds is 14. The molecule has 0 aromatic heterocycles. The van der Waals surface area contributed by atoms with E-state index in [0.717, 1.165) is 19.3 Å². The molecule has 0 aliphatic rings. The molecule has 0 aliphatic carbocycles. The molecule has 0 heterocycles. The van der Waals surface area contributed by atoms with Crippen LogP contribution in [0.3, 0.4) is 0 Å². The van der Waals surface area contributed by atoms with E-state index in [-0.39, 0.29) is 6.10 Å². The lowest BCUT2D eigenvalue weighted by atomic mass is 10.0. The van der Waals surface area contributed by atoms with Gasteiger partial charge in [-0.15, -0.1) is 6.58 Å². The topological polar surface area (TPSA) is 20.2 Å². The summed E-state index contributed by atoms with van der Waals surface area (Å²) < 4.78 is 0. The number of aliphatic hydroxyl groups excluding tert-OH is 1. The van der Waals surface area contributed by atoms with E-state index in [1.54, 1.807) is 0 Å². The highest BCUT2D eigenvalue weighted by Gasteiger charge is 2.01. The fourth-order valence-corrected chi connectivity index (χ4v) is 2.32. The maximum atomic E-state index is 9.66. The van der Waals surface area contributed by atoms with Crippen LogP contribution in [0.4, 0.5) is 0 Å². The lowest BCUT2D eigenvalue weighted by Crippen LogP contribution is -2.05. The van der Waals surface area contributed by atoms with Crippen LogP contribution < -0.4 is 0 Å². The Morgan fingerprint density at radius 1 is 0.833 bits per heavy atom. The molecule has 0 fully saturated rings. The zero-order valence-corrected chi connectivity index (χ0v) is 12.5. The van der Waals surface area contributed by atoms with Crippen molar-refractivity contribution in [2.45, 2.75) is 96.5 Å². The second kappa shape index (κ2) is 14.8. The highest BCUT2D eigenvalue weighted by Crippen LogP contribution is 2.13. The minimum absolute atomic E-state index is 0.1000. The monoisotopic (exact) mass is 254 g/mol. The first-order valence-electron chi connectivity index (χ1n) is 8.10. The summed E-state index contributed by atoms with van der Waals surface area (Å²) in [6.45, 7) is 5.95. The van der Waals surface area contributed by atoms with E-state index in [4.69, 9.17) is 0 Å².